The number of likely N-dealkylation sites (tertiary alicyclic amines) is 1. The van der Waals surface area contributed by atoms with Crippen LogP contribution in [0, 0.1) is 11.2 Å². The van der Waals surface area contributed by atoms with Crippen LogP contribution in [-0.2, 0) is 14.3 Å². The fraction of sp³-hybridized carbons (Fsp3) is 0.619. The van der Waals surface area contributed by atoms with Crippen LogP contribution in [0.4, 0.5) is 4.39 Å². The molecule has 0 aliphatic carbocycles. The number of hydrogen-bond acceptors (Lipinski definition) is 3. The number of ether oxygens (including phenoxy) is 1. The molecule has 0 N–H and O–H groups in total. The highest BCUT2D eigenvalue weighted by Gasteiger charge is 2.38. The summed E-state index contributed by atoms with van der Waals surface area (Å²) in [5, 5.41) is 0. The van der Waals surface area contributed by atoms with Gasteiger partial charge in [0.2, 0.25) is 11.8 Å². The quantitative estimate of drug-likeness (QED) is 0.814. The largest absolute Gasteiger partial charge is 0.370 e. The highest BCUT2D eigenvalue weighted by Crippen LogP contribution is 2.28. The Labute approximate surface area is 160 Å². The summed E-state index contributed by atoms with van der Waals surface area (Å²) in [6, 6.07) is 5.84. The minimum Gasteiger partial charge on any atom is -0.370 e. The van der Waals surface area contributed by atoms with E-state index < -0.39 is 0 Å². The molecule has 0 bridgehead atoms. The minimum atomic E-state index is -0.369. The van der Waals surface area contributed by atoms with E-state index in [1.165, 1.54) is 12.1 Å². The molecule has 0 saturated carbocycles. The third-order valence-corrected chi connectivity index (χ3v) is 5.16. The fourth-order valence-electron chi connectivity index (χ4n) is 3.82. The van der Waals surface area contributed by atoms with E-state index in [0.29, 0.717) is 39.1 Å². The fourth-order valence-corrected chi connectivity index (χ4v) is 3.82. The number of morpholine rings is 1. The molecule has 2 atom stereocenters. The van der Waals surface area contributed by atoms with Crippen LogP contribution in [0.5, 0.6) is 0 Å². The third kappa shape index (κ3) is 4.86. The Morgan fingerprint density at radius 2 is 1.89 bits per heavy atom. The maximum absolute atomic E-state index is 13.2. The van der Waals surface area contributed by atoms with E-state index in [0.717, 1.165) is 12.0 Å². The normalized spacial score (nSPS) is 23.6. The van der Waals surface area contributed by atoms with Gasteiger partial charge in [-0.25, -0.2) is 4.39 Å². The molecule has 2 heterocycles. The molecule has 2 saturated heterocycles. The second-order valence-corrected chi connectivity index (χ2v) is 8.68. The van der Waals surface area contributed by atoms with Crippen LogP contribution in [0.3, 0.4) is 0 Å². The molecule has 148 valence electrons. The predicted octanol–water partition coefficient (Wildman–Crippen LogP) is 3.15. The Morgan fingerprint density at radius 1 is 1.19 bits per heavy atom. The molecule has 0 spiro atoms. The molecule has 1 aromatic carbocycles. The van der Waals surface area contributed by atoms with Crippen molar-refractivity contribution in [3.8, 4) is 0 Å². The molecule has 0 aromatic heterocycles. The van der Waals surface area contributed by atoms with Gasteiger partial charge >= 0.3 is 0 Å². The topological polar surface area (TPSA) is 49.9 Å². The molecule has 6 heteroatoms. The molecule has 2 amide bonds. The van der Waals surface area contributed by atoms with Gasteiger partial charge in [-0.15, -0.1) is 0 Å². The Kier molecular flexibility index (Phi) is 5.84. The molecule has 3 rings (SSSR count). The van der Waals surface area contributed by atoms with Crippen molar-refractivity contribution in [3.05, 3.63) is 35.6 Å². The van der Waals surface area contributed by atoms with E-state index in [4.69, 9.17) is 4.74 Å². The zero-order chi connectivity index (χ0) is 19.6. The van der Waals surface area contributed by atoms with E-state index in [-0.39, 0.29) is 35.2 Å². The molecule has 0 radical (unpaired) electrons. The maximum Gasteiger partial charge on any atom is 0.245 e. The first-order chi connectivity index (χ1) is 12.7. The first-order valence-corrected chi connectivity index (χ1v) is 9.70. The third-order valence-electron chi connectivity index (χ3n) is 5.16. The smallest absolute Gasteiger partial charge is 0.245 e. The Balaban J connectivity index is 1.67. The summed E-state index contributed by atoms with van der Waals surface area (Å²) < 4.78 is 18.9. The molecule has 0 unspecified atom stereocenters. The number of rotatable bonds is 3. The lowest BCUT2D eigenvalue weighted by atomic mass is 9.91. The van der Waals surface area contributed by atoms with Gasteiger partial charge in [-0.3, -0.25) is 9.59 Å². The van der Waals surface area contributed by atoms with Crippen molar-refractivity contribution in [3.63, 3.8) is 0 Å². The number of amides is 2. The van der Waals surface area contributed by atoms with Crippen LogP contribution in [0.2, 0.25) is 0 Å². The van der Waals surface area contributed by atoms with Crippen LogP contribution in [-0.4, -0.2) is 53.9 Å². The average Bonchev–Trinajstić information content (AvgIpc) is 3.10. The van der Waals surface area contributed by atoms with Gasteiger partial charge in [0.05, 0.1) is 13.2 Å². The van der Waals surface area contributed by atoms with Crippen LogP contribution in [0.25, 0.3) is 0 Å². The number of carbonyl (C=O) groups excluding carboxylic acids is 2. The van der Waals surface area contributed by atoms with Crippen molar-refractivity contribution in [1.82, 2.24) is 9.80 Å². The molecular weight excluding hydrogens is 347 g/mol. The summed E-state index contributed by atoms with van der Waals surface area (Å²) in [7, 11) is 0. The summed E-state index contributed by atoms with van der Waals surface area (Å²) in [5.41, 5.74) is 0.765. The van der Waals surface area contributed by atoms with Crippen LogP contribution in [0.1, 0.15) is 51.7 Å². The van der Waals surface area contributed by atoms with Crippen molar-refractivity contribution in [2.24, 2.45) is 5.41 Å². The zero-order valence-corrected chi connectivity index (χ0v) is 16.4. The highest BCUT2D eigenvalue weighted by molar-refractivity contribution is 5.88. The lowest BCUT2D eigenvalue weighted by Crippen LogP contribution is -2.51. The molecule has 2 aliphatic rings. The van der Waals surface area contributed by atoms with E-state index >= 15 is 0 Å². The van der Waals surface area contributed by atoms with Gasteiger partial charge in [0, 0.05) is 19.5 Å². The van der Waals surface area contributed by atoms with E-state index in [1.807, 2.05) is 20.8 Å². The lowest BCUT2D eigenvalue weighted by Gasteiger charge is -2.36. The van der Waals surface area contributed by atoms with Gasteiger partial charge in [-0.2, -0.15) is 0 Å². The molecule has 5 nitrogen and oxygen atoms in total. The minimum absolute atomic E-state index is 0.00479. The van der Waals surface area contributed by atoms with E-state index in [1.54, 1.807) is 21.9 Å². The monoisotopic (exact) mass is 376 g/mol. The van der Waals surface area contributed by atoms with Crippen molar-refractivity contribution in [1.29, 1.82) is 0 Å². The molecule has 27 heavy (non-hydrogen) atoms. The summed E-state index contributed by atoms with van der Waals surface area (Å²) in [4.78, 5) is 29.4. The van der Waals surface area contributed by atoms with Crippen LogP contribution >= 0.6 is 0 Å². The van der Waals surface area contributed by atoms with Gasteiger partial charge < -0.3 is 14.5 Å². The number of carbonyl (C=O) groups is 2. The summed E-state index contributed by atoms with van der Waals surface area (Å²) in [6.45, 7) is 8.15. The zero-order valence-electron chi connectivity index (χ0n) is 16.4. The van der Waals surface area contributed by atoms with Gasteiger partial charge in [-0.05, 0) is 36.0 Å². The number of nitrogens with zero attached hydrogens (tertiary/aromatic N) is 2. The Hall–Kier alpha value is -1.95. The van der Waals surface area contributed by atoms with E-state index in [9.17, 15) is 14.0 Å². The van der Waals surface area contributed by atoms with Gasteiger partial charge in [0.1, 0.15) is 18.0 Å². The lowest BCUT2D eigenvalue weighted by molar-refractivity contribution is -0.149. The molecular formula is C21H29FN2O3. The second-order valence-electron chi connectivity index (χ2n) is 8.68. The van der Waals surface area contributed by atoms with Gasteiger partial charge in [-0.1, -0.05) is 32.9 Å². The first-order valence-electron chi connectivity index (χ1n) is 9.70. The standard InChI is InChI=1S/C21H29FN2O3/c1-21(2,3)13-19(25)24-10-4-5-17(24)20(26)23-11-12-27-18(14-23)15-6-8-16(22)9-7-15/h6-9,17-18H,4-5,10-14H2,1-3H3/t17-,18+/m0/s1. The number of benzene rings is 1. The van der Waals surface area contributed by atoms with Crippen molar-refractivity contribution < 1.29 is 18.7 Å². The predicted molar refractivity (Wildman–Crippen MR) is 100 cm³/mol. The van der Waals surface area contributed by atoms with Crippen molar-refractivity contribution in [2.75, 3.05) is 26.2 Å². The van der Waals surface area contributed by atoms with Crippen molar-refractivity contribution >= 4 is 11.8 Å². The number of halogens is 1. The Morgan fingerprint density at radius 3 is 2.56 bits per heavy atom. The maximum atomic E-state index is 13.2. The van der Waals surface area contributed by atoms with Gasteiger partial charge in [0.15, 0.2) is 0 Å². The second kappa shape index (κ2) is 7.97. The average molecular weight is 376 g/mol. The summed E-state index contributed by atoms with van der Waals surface area (Å²) in [6.07, 6.45) is 1.76. The van der Waals surface area contributed by atoms with Gasteiger partial charge in [0.25, 0.3) is 0 Å². The highest BCUT2D eigenvalue weighted by atomic mass is 19.1. The SMILES string of the molecule is CC(C)(C)CC(=O)N1CCC[C@H]1C(=O)N1CCO[C@@H](c2ccc(F)cc2)C1. The van der Waals surface area contributed by atoms with Crippen molar-refractivity contribution in [2.45, 2.75) is 52.2 Å². The first kappa shape index (κ1) is 19.8. The summed E-state index contributed by atoms with van der Waals surface area (Å²) in [5.74, 6) is -0.228. The molecule has 2 fully saturated rings. The Bertz CT molecular complexity index is 684. The van der Waals surface area contributed by atoms with Crippen LogP contribution < -0.4 is 0 Å². The molecule has 2 aliphatic heterocycles. The number of hydrogen-bond donors (Lipinski definition) is 0. The molecule has 1 aromatic rings. The van der Waals surface area contributed by atoms with Crippen LogP contribution in [0.15, 0.2) is 24.3 Å². The summed E-state index contributed by atoms with van der Waals surface area (Å²) >= 11 is 0. The van der Waals surface area contributed by atoms with E-state index in [2.05, 4.69) is 0 Å².